The molecule has 0 radical (unpaired) electrons. The minimum absolute atomic E-state index is 0.236. The van der Waals surface area contributed by atoms with E-state index < -0.39 is 0 Å². The summed E-state index contributed by atoms with van der Waals surface area (Å²) in [6.45, 7) is 4.18. The first-order chi connectivity index (χ1) is 16.6. The number of nitrogens with zero attached hydrogens (tertiary/aromatic N) is 4. The number of para-hydroxylation sites is 1. The lowest BCUT2D eigenvalue weighted by atomic mass is 10.1. The Kier molecular flexibility index (Phi) is 7.66. The summed E-state index contributed by atoms with van der Waals surface area (Å²) in [5.74, 6) is 1.65. The molecular formula is C25H30N6O2S. The summed E-state index contributed by atoms with van der Waals surface area (Å²) in [6, 6.07) is 12.4. The number of benzene rings is 1. The molecule has 1 aromatic carbocycles. The Bertz CT molecular complexity index is 1210. The molecule has 8 nitrogen and oxygen atoms in total. The Morgan fingerprint density at radius 1 is 1.03 bits per heavy atom. The van der Waals surface area contributed by atoms with Crippen molar-refractivity contribution in [3.63, 3.8) is 0 Å². The predicted molar refractivity (Wildman–Crippen MR) is 138 cm³/mol. The summed E-state index contributed by atoms with van der Waals surface area (Å²) in [4.78, 5) is 18.7. The van der Waals surface area contributed by atoms with Gasteiger partial charge in [-0.1, -0.05) is 12.1 Å². The molecule has 4 aromatic rings. The monoisotopic (exact) mass is 478 g/mol. The first kappa shape index (κ1) is 24.0. The molecule has 5 rings (SSSR count). The average Bonchev–Trinajstić information content (AvgIpc) is 3.46. The number of aromatic nitrogens is 4. The van der Waals surface area contributed by atoms with Crippen LogP contribution in [0.15, 0.2) is 42.6 Å². The van der Waals surface area contributed by atoms with Gasteiger partial charge in [0.05, 0.1) is 15.8 Å². The van der Waals surface area contributed by atoms with Crippen LogP contribution in [0.25, 0.3) is 20.8 Å². The number of hydrogen-bond donors (Lipinski definition) is 4. The number of aliphatic hydroxyl groups is 2. The van der Waals surface area contributed by atoms with Crippen molar-refractivity contribution in [2.75, 3.05) is 24.4 Å². The molecular weight excluding hydrogens is 448 g/mol. The molecule has 0 spiro atoms. The molecule has 0 amide bonds. The van der Waals surface area contributed by atoms with Crippen LogP contribution in [-0.2, 0) is 0 Å². The van der Waals surface area contributed by atoms with Crippen LogP contribution < -0.4 is 10.6 Å². The third-order valence-corrected chi connectivity index (χ3v) is 6.86. The molecule has 0 bridgehead atoms. The predicted octanol–water partition coefficient (Wildman–Crippen LogP) is 4.69. The van der Waals surface area contributed by atoms with E-state index in [-0.39, 0.29) is 12.6 Å². The number of fused-ring (bicyclic) bond motifs is 1. The molecule has 0 aliphatic heterocycles. The van der Waals surface area contributed by atoms with Gasteiger partial charge >= 0.3 is 0 Å². The van der Waals surface area contributed by atoms with Gasteiger partial charge < -0.3 is 20.8 Å². The van der Waals surface area contributed by atoms with E-state index in [0.29, 0.717) is 11.9 Å². The van der Waals surface area contributed by atoms with Crippen molar-refractivity contribution in [1.29, 1.82) is 0 Å². The van der Waals surface area contributed by atoms with E-state index in [1.807, 2.05) is 50.4 Å². The third-order valence-electron chi connectivity index (χ3n) is 5.79. The minimum Gasteiger partial charge on any atom is -0.400 e. The van der Waals surface area contributed by atoms with E-state index in [4.69, 9.17) is 15.1 Å². The van der Waals surface area contributed by atoms with Crippen molar-refractivity contribution in [3.8, 4) is 10.6 Å². The van der Waals surface area contributed by atoms with Gasteiger partial charge in [-0.2, -0.15) is 4.98 Å². The molecule has 9 heteroatoms. The lowest BCUT2D eigenvalue weighted by molar-refractivity contribution is 0.229. The molecule has 2 unspecified atom stereocenters. The molecule has 1 aliphatic carbocycles. The lowest BCUT2D eigenvalue weighted by Gasteiger charge is -2.17. The molecule has 1 fully saturated rings. The van der Waals surface area contributed by atoms with Gasteiger partial charge in [-0.25, -0.2) is 9.97 Å². The summed E-state index contributed by atoms with van der Waals surface area (Å²) in [5, 5.41) is 24.4. The topological polar surface area (TPSA) is 116 Å². The highest BCUT2D eigenvalue weighted by atomic mass is 32.1. The van der Waals surface area contributed by atoms with Gasteiger partial charge in [0.2, 0.25) is 5.95 Å². The van der Waals surface area contributed by atoms with Gasteiger partial charge in [-0.15, -0.1) is 11.3 Å². The van der Waals surface area contributed by atoms with E-state index in [0.717, 1.165) is 70.1 Å². The van der Waals surface area contributed by atoms with Crippen molar-refractivity contribution in [3.05, 3.63) is 54.0 Å². The number of pyridine rings is 1. The van der Waals surface area contributed by atoms with E-state index in [2.05, 4.69) is 26.7 Å². The first-order valence-corrected chi connectivity index (χ1v) is 12.2. The van der Waals surface area contributed by atoms with E-state index >= 15 is 0 Å². The smallest absolute Gasteiger partial charge is 0.229 e. The summed E-state index contributed by atoms with van der Waals surface area (Å²) in [6.07, 6.45) is 4.82. The van der Waals surface area contributed by atoms with Gasteiger partial charge in [-0.3, -0.25) is 4.98 Å². The molecule has 3 aromatic heterocycles. The minimum atomic E-state index is 0.236. The SMILES string of the molecule is CO.Cc1cc(Nc2ncc(-c3nc4ccccc4s3)c(NC3CCC(CO)C3)n2)cc(C)n1. The number of thiazole rings is 1. The maximum absolute atomic E-state index is 9.54. The van der Waals surface area contributed by atoms with E-state index in [1.54, 1.807) is 11.3 Å². The maximum atomic E-state index is 9.54. The molecule has 4 N–H and O–H groups in total. The summed E-state index contributed by atoms with van der Waals surface area (Å²) in [7, 11) is 1.00. The van der Waals surface area contributed by atoms with Gasteiger partial charge in [0.15, 0.2) is 0 Å². The summed E-state index contributed by atoms with van der Waals surface area (Å²) in [5.41, 5.74) is 4.67. The highest BCUT2D eigenvalue weighted by Gasteiger charge is 2.26. The second-order valence-corrected chi connectivity index (χ2v) is 9.44. The Hall–Kier alpha value is -3.14. The van der Waals surface area contributed by atoms with Gasteiger partial charge in [0.1, 0.15) is 10.8 Å². The highest BCUT2D eigenvalue weighted by molar-refractivity contribution is 7.21. The van der Waals surface area contributed by atoms with Crippen LogP contribution in [0.1, 0.15) is 30.7 Å². The standard InChI is InChI=1S/C24H26N6OS.CH4O/c1-14-9-18(10-15(2)26-14)28-24-25-12-19(23-29-20-5-3-4-6-21(20)32-23)22(30-24)27-17-8-7-16(11-17)13-31;1-2/h3-6,9-10,12,16-17,31H,7-8,11,13H2,1-2H3,(H2,25,26,27,28,30);2H,1H3. The summed E-state index contributed by atoms with van der Waals surface area (Å²) < 4.78 is 1.14. The normalized spacial score (nSPS) is 17.3. The van der Waals surface area contributed by atoms with Gasteiger partial charge in [0.25, 0.3) is 0 Å². The fraction of sp³-hybridized carbons (Fsp3) is 0.360. The number of hydrogen-bond acceptors (Lipinski definition) is 9. The van der Waals surface area contributed by atoms with E-state index in [9.17, 15) is 5.11 Å². The van der Waals surface area contributed by atoms with Crippen LogP contribution in [0.4, 0.5) is 17.5 Å². The molecule has 0 saturated heterocycles. The Labute approximate surface area is 203 Å². The number of nitrogens with one attached hydrogen (secondary N) is 2. The molecule has 178 valence electrons. The fourth-order valence-corrected chi connectivity index (χ4v) is 5.27. The molecule has 3 heterocycles. The number of rotatable bonds is 6. The molecule has 1 saturated carbocycles. The van der Waals surface area contributed by atoms with E-state index in [1.165, 1.54) is 0 Å². The zero-order valence-electron chi connectivity index (χ0n) is 19.6. The largest absolute Gasteiger partial charge is 0.400 e. The zero-order valence-corrected chi connectivity index (χ0v) is 20.4. The van der Waals surface area contributed by atoms with Crippen molar-refractivity contribution in [2.45, 2.75) is 39.2 Å². The molecule has 1 aliphatic rings. The highest BCUT2D eigenvalue weighted by Crippen LogP contribution is 2.36. The third kappa shape index (κ3) is 5.49. The number of aryl methyl sites for hydroxylation is 2. The van der Waals surface area contributed by atoms with Crippen molar-refractivity contribution >= 4 is 39.0 Å². The van der Waals surface area contributed by atoms with Gasteiger partial charge in [-0.05, 0) is 63.3 Å². The van der Waals surface area contributed by atoms with Crippen LogP contribution in [0.2, 0.25) is 0 Å². The zero-order chi connectivity index (χ0) is 24.1. The fourth-order valence-electron chi connectivity index (χ4n) is 4.30. The quantitative estimate of drug-likeness (QED) is 0.315. The maximum Gasteiger partial charge on any atom is 0.229 e. The Balaban J connectivity index is 0.00000133. The Morgan fingerprint density at radius 3 is 2.50 bits per heavy atom. The second kappa shape index (κ2) is 10.9. The second-order valence-electron chi connectivity index (χ2n) is 8.41. The molecule has 34 heavy (non-hydrogen) atoms. The van der Waals surface area contributed by atoms with Crippen molar-refractivity contribution in [2.24, 2.45) is 5.92 Å². The molecule has 2 atom stereocenters. The number of anilines is 3. The van der Waals surface area contributed by atoms with Crippen LogP contribution in [0, 0.1) is 19.8 Å². The van der Waals surface area contributed by atoms with Crippen molar-refractivity contribution < 1.29 is 10.2 Å². The number of aliphatic hydroxyl groups excluding tert-OH is 2. The van der Waals surface area contributed by atoms with Crippen LogP contribution >= 0.6 is 11.3 Å². The first-order valence-electron chi connectivity index (χ1n) is 11.3. The Morgan fingerprint density at radius 2 is 1.79 bits per heavy atom. The average molecular weight is 479 g/mol. The lowest BCUT2D eigenvalue weighted by Crippen LogP contribution is -2.18. The van der Waals surface area contributed by atoms with Crippen molar-refractivity contribution in [1.82, 2.24) is 19.9 Å². The van der Waals surface area contributed by atoms with Crippen LogP contribution in [0.3, 0.4) is 0 Å². The summed E-state index contributed by atoms with van der Waals surface area (Å²) >= 11 is 1.64. The van der Waals surface area contributed by atoms with Crippen LogP contribution in [0.5, 0.6) is 0 Å². The van der Waals surface area contributed by atoms with Crippen LogP contribution in [-0.4, -0.2) is 49.9 Å². The van der Waals surface area contributed by atoms with Gasteiger partial charge in [0, 0.05) is 43.0 Å².